The predicted molar refractivity (Wildman–Crippen MR) is 74.3 cm³/mol. The summed E-state index contributed by atoms with van der Waals surface area (Å²) in [6, 6.07) is 4.35. The van der Waals surface area contributed by atoms with Crippen LogP contribution >= 0.6 is 0 Å². The number of hydrogen-bond donors (Lipinski definition) is 0. The van der Waals surface area contributed by atoms with Gasteiger partial charge in [0.2, 0.25) is 0 Å². The normalized spacial score (nSPS) is 10.8. The first-order valence-corrected chi connectivity index (χ1v) is 6.71. The number of hydrogen-bond acceptors (Lipinski definition) is 3. The first kappa shape index (κ1) is 15.6. The number of rotatable bonds is 8. The molecule has 0 saturated heterocycles. The molecule has 106 valence electrons. The zero-order chi connectivity index (χ0) is 14.3. The van der Waals surface area contributed by atoms with Crippen LogP contribution in [0.25, 0.3) is 0 Å². The minimum Gasteiger partial charge on any atom is -0.494 e. The van der Waals surface area contributed by atoms with Crippen LogP contribution in [0.5, 0.6) is 5.75 Å². The second-order valence-electron chi connectivity index (χ2n) is 4.55. The number of methoxy groups -OCH3 is 1. The van der Waals surface area contributed by atoms with E-state index in [1.54, 1.807) is 6.07 Å². The van der Waals surface area contributed by atoms with Gasteiger partial charge in [-0.1, -0.05) is 13.8 Å². The van der Waals surface area contributed by atoms with Gasteiger partial charge in [0.15, 0.2) is 17.3 Å². The van der Waals surface area contributed by atoms with Gasteiger partial charge in [-0.25, -0.2) is 4.39 Å². The van der Waals surface area contributed by atoms with Crippen molar-refractivity contribution in [2.24, 2.45) is 0 Å². The minimum absolute atomic E-state index is 0.0524. The van der Waals surface area contributed by atoms with Gasteiger partial charge in [-0.05, 0) is 44.1 Å². The van der Waals surface area contributed by atoms with Gasteiger partial charge in [-0.15, -0.1) is 0 Å². The molecular formula is C15H22FNO2. The monoisotopic (exact) mass is 267 g/mol. The molecule has 0 N–H and O–H groups in total. The largest absolute Gasteiger partial charge is 0.494 e. The molecule has 1 aromatic carbocycles. The van der Waals surface area contributed by atoms with E-state index in [1.165, 1.54) is 19.2 Å². The maximum absolute atomic E-state index is 13.6. The van der Waals surface area contributed by atoms with Crippen LogP contribution < -0.4 is 4.74 Å². The fourth-order valence-electron chi connectivity index (χ4n) is 2.04. The predicted octanol–water partition coefficient (Wildman–Crippen LogP) is 3.14. The molecule has 0 bridgehead atoms. The van der Waals surface area contributed by atoms with Crippen LogP contribution in [0.1, 0.15) is 37.0 Å². The van der Waals surface area contributed by atoms with Gasteiger partial charge in [0, 0.05) is 5.56 Å². The molecule has 1 aromatic rings. The van der Waals surface area contributed by atoms with Crippen molar-refractivity contribution in [3.8, 4) is 5.75 Å². The molecule has 0 aliphatic heterocycles. The lowest BCUT2D eigenvalue weighted by Gasteiger charge is -2.20. The van der Waals surface area contributed by atoms with Crippen molar-refractivity contribution in [1.29, 1.82) is 0 Å². The lowest BCUT2D eigenvalue weighted by atomic mass is 10.1. The van der Waals surface area contributed by atoms with E-state index in [1.807, 2.05) is 0 Å². The van der Waals surface area contributed by atoms with Crippen LogP contribution in [0, 0.1) is 5.82 Å². The molecule has 0 aliphatic carbocycles. The molecule has 0 aromatic heterocycles. The van der Waals surface area contributed by atoms with Crippen LogP contribution in [0.4, 0.5) is 4.39 Å². The highest BCUT2D eigenvalue weighted by Crippen LogP contribution is 2.18. The fraction of sp³-hybridized carbons (Fsp3) is 0.533. The Hall–Kier alpha value is -1.42. The molecule has 0 spiro atoms. The summed E-state index contributed by atoms with van der Waals surface area (Å²) in [6.45, 7) is 6.28. The average molecular weight is 267 g/mol. The zero-order valence-corrected chi connectivity index (χ0v) is 11.9. The van der Waals surface area contributed by atoms with Crippen molar-refractivity contribution in [3.63, 3.8) is 0 Å². The highest BCUT2D eigenvalue weighted by Gasteiger charge is 2.13. The number of ketones is 1. The van der Waals surface area contributed by atoms with Crippen molar-refractivity contribution in [1.82, 2.24) is 4.90 Å². The van der Waals surface area contributed by atoms with Crippen molar-refractivity contribution >= 4 is 5.78 Å². The molecule has 0 amide bonds. The molecule has 0 atom stereocenters. The number of nitrogens with zero attached hydrogens (tertiary/aromatic N) is 1. The molecular weight excluding hydrogens is 245 g/mol. The summed E-state index contributed by atoms with van der Waals surface area (Å²) >= 11 is 0. The number of carbonyl (C=O) groups excluding carboxylic acids is 1. The standard InChI is InChI=1S/C15H22FNO2/c1-4-8-17(9-5-2)11-14(18)12-6-7-15(19-3)13(16)10-12/h6-7,10H,4-5,8-9,11H2,1-3H3. The van der Waals surface area contributed by atoms with Crippen molar-refractivity contribution in [3.05, 3.63) is 29.6 Å². The first-order valence-electron chi connectivity index (χ1n) is 6.71. The van der Waals surface area contributed by atoms with Crippen LogP contribution in [0.15, 0.2) is 18.2 Å². The lowest BCUT2D eigenvalue weighted by molar-refractivity contribution is 0.0930. The molecule has 4 heteroatoms. The van der Waals surface area contributed by atoms with Crippen molar-refractivity contribution in [2.45, 2.75) is 26.7 Å². The van der Waals surface area contributed by atoms with Crippen LogP contribution in [-0.4, -0.2) is 37.4 Å². The third-order valence-corrected chi connectivity index (χ3v) is 2.92. The smallest absolute Gasteiger partial charge is 0.176 e. The van der Waals surface area contributed by atoms with E-state index >= 15 is 0 Å². The van der Waals surface area contributed by atoms with E-state index in [2.05, 4.69) is 18.7 Å². The molecule has 19 heavy (non-hydrogen) atoms. The second-order valence-corrected chi connectivity index (χ2v) is 4.55. The quantitative estimate of drug-likeness (QED) is 0.678. The van der Waals surface area contributed by atoms with Crippen molar-refractivity contribution < 1.29 is 13.9 Å². The van der Waals surface area contributed by atoms with E-state index in [0.717, 1.165) is 25.9 Å². The summed E-state index contributed by atoms with van der Waals surface area (Å²) in [5.74, 6) is -0.384. The highest BCUT2D eigenvalue weighted by atomic mass is 19.1. The molecule has 0 fully saturated rings. The fourth-order valence-corrected chi connectivity index (χ4v) is 2.04. The topological polar surface area (TPSA) is 29.5 Å². The maximum atomic E-state index is 13.6. The average Bonchev–Trinajstić information content (AvgIpc) is 2.39. The number of halogens is 1. The van der Waals surface area contributed by atoms with Gasteiger partial charge < -0.3 is 4.74 Å². The Morgan fingerprint density at radius 2 is 1.89 bits per heavy atom. The SMILES string of the molecule is CCCN(CCC)CC(=O)c1ccc(OC)c(F)c1. The van der Waals surface area contributed by atoms with E-state index in [9.17, 15) is 9.18 Å². The van der Waals surface area contributed by atoms with Crippen LogP contribution in [0.3, 0.4) is 0 Å². The Balaban J connectivity index is 2.73. The summed E-state index contributed by atoms with van der Waals surface area (Å²) in [6.07, 6.45) is 2.01. The number of benzene rings is 1. The number of carbonyl (C=O) groups is 1. The van der Waals surface area contributed by atoms with Gasteiger partial charge in [-0.2, -0.15) is 0 Å². The molecule has 1 rings (SSSR count). The van der Waals surface area contributed by atoms with E-state index < -0.39 is 5.82 Å². The molecule has 0 heterocycles. The van der Waals surface area contributed by atoms with Crippen LogP contribution in [0.2, 0.25) is 0 Å². The Labute approximate surface area is 114 Å². The second kappa shape index (κ2) is 7.89. The summed E-state index contributed by atoms with van der Waals surface area (Å²) in [7, 11) is 1.41. The Morgan fingerprint density at radius 1 is 1.26 bits per heavy atom. The lowest BCUT2D eigenvalue weighted by Crippen LogP contribution is -2.31. The molecule has 0 aliphatic rings. The Bertz CT molecular complexity index is 415. The maximum Gasteiger partial charge on any atom is 0.176 e. The zero-order valence-electron chi connectivity index (χ0n) is 11.9. The highest BCUT2D eigenvalue weighted by molar-refractivity contribution is 5.97. The summed E-state index contributed by atoms with van der Waals surface area (Å²) < 4.78 is 18.4. The number of Topliss-reactive ketones (excluding diaryl/α,β-unsaturated/α-hetero) is 1. The number of ether oxygens (including phenoxy) is 1. The minimum atomic E-state index is -0.495. The summed E-state index contributed by atoms with van der Waals surface area (Å²) in [5, 5.41) is 0. The van der Waals surface area contributed by atoms with Gasteiger partial charge in [0.25, 0.3) is 0 Å². The van der Waals surface area contributed by atoms with Gasteiger partial charge >= 0.3 is 0 Å². The Morgan fingerprint density at radius 3 is 2.37 bits per heavy atom. The molecule has 0 saturated carbocycles. The summed E-state index contributed by atoms with van der Waals surface area (Å²) in [4.78, 5) is 14.2. The van der Waals surface area contributed by atoms with E-state index in [4.69, 9.17) is 4.74 Å². The summed E-state index contributed by atoms with van der Waals surface area (Å²) in [5.41, 5.74) is 0.399. The van der Waals surface area contributed by atoms with Gasteiger partial charge in [-0.3, -0.25) is 9.69 Å². The van der Waals surface area contributed by atoms with Crippen molar-refractivity contribution in [2.75, 3.05) is 26.7 Å². The Kier molecular flexibility index (Phi) is 6.50. The van der Waals surface area contributed by atoms with Gasteiger partial charge in [0.05, 0.1) is 13.7 Å². The van der Waals surface area contributed by atoms with E-state index in [0.29, 0.717) is 12.1 Å². The first-order chi connectivity index (χ1) is 9.12. The van der Waals surface area contributed by atoms with Gasteiger partial charge in [0.1, 0.15) is 0 Å². The van der Waals surface area contributed by atoms with Crippen LogP contribution in [-0.2, 0) is 0 Å². The van der Waals surface area contributed by atoms with E-state index in [-0.39, 0.29) is 11.5 Å². The third kappa shape index (κ3) is 4.63. The molecule has 3 nitrogen and oxygen atoms in total. The molecule has 0 unspecified atom stereocenters. The third-order valence-electron chi connectivity index (χ3n) is 2.92. The molecule has 0 radical (unpaired) electrons.